The van der Waals surface area contributed by atoms with Crippen LogP contribution < -0.4 is 9.47 Å². The summed E-state index contributed by atoms with van der Waals surface area (Å²) in [6, 6.07) is 6.68. The number of benzene rings is 1. The lowest BCUT2D eigenvalue weighted by atomic mass is 10.2. The topological polar surface area (TPSA) is 55.1 Å². The Balaban J connectivity index is 2.34. The number of nitrogens with zero attached hydrogens (tertiary/aromatic N) is 2. The molecule has 19 heavy (non-hydrogen) atoms. The fraction of sp³-hybridized carbons (Fsp3) is 0.0769. The average Bonchev–Trinajstić information content (AvgIpc) is 2.43. The van der Waals surface area contributed by atoms with E-state index in [1.54, 1.807) is 6.07 Å². The van der Waals surface area contributed by atoms with Crippen molar-refractivity contribution in [2.75, 3.05) is 7.11 Å². The Morgan fingerprint density at radius 1 is 1.21 bits per heavy atom. The van der Waals surface area contributed by atoms with Crippen molar-refractivity contribution in [1.29, 1.82) is 5.26 Å². The van der Waals surface area contributed by atoms with Gasteiger partial charge in [-0.3, -0.25) is 0 Å². The lowest BCUT2D eigenvalue weighted by molar-refractivity contribution is 0.354. The van der Waals surface area contributed by atoms with Gasteiger partial charge in [-0.25, -0.2) is 9.37 Å². The average molecular weight is 262 g/mol. The fourth-order valence-electron chi connectivity index (χ4n) is 1.39. The minimum Gasteiger partial charge on any atom is -0.493 e. The molecule has 0 spiro atoms. The van der Waals surface area contributed by atoms with Gasteiger partial charge < -0.3 is 9.47 Å². The summed E-state index contributed by atoms with van der Waals surface area (Å²) >= 11 is 0. The minimum absolute atomic E-state index is 0.0564. The number of hydrogen-bond acceptors (Lipinski definition) is 4. The molecule has 96 valence electrons. The van der Waals surface area contributed by atoms with Crippen LogP contribution in [0.3, 0.4) is 0 Å². The Hall–Kier alpha value is -2.68. The molecule has 1 aromatic carbocycles. The number of ether oxygens (including phenoxy) is 2. The maximum atomic E-state index is 13.7. The zero-order chi connectivity index (χ0) is 13.8. The summed E-state index contributed by atoms with van der Waals surface area (Å²) in [6.45, 7) is 0. The first-order valence-corrected chi connectivity index (χ1v) is 5.21. The molecular weight excluding hydrogens is 254 g/mol. The van der Waals surface area contributed by atoms with E-state index in [1.165, 1.54) is 31.5 Å². The first-order valence-electron chi connectivity index (χ1n) is 5.21. The van der Waals surface area contributed by atoms with Gasteiger partial charge in [-0.2, -0.15) is 9.65 Å². The van der Waals surface area contributed by atoms with Crippen molar-refractivity contribution >= 4 is 0 Å². The van der Waals surface area contributed by atoms with Crippen LogP contribution in [0.4, 0.5) is 8.78 Å². The zero-order valence-corrected chi connectivity index (χ0v) is 9.85. The third kappa shape index (κ3) is 2.60. The van der Waals surface area contributed by atoms with Gasteiger partial charge in [-0.05, 0) is 18.2 Å². The summed E-state index contributed by atoms with van der Waals surface area (Å²) in [5, 5.41) is 8.61. The molecule has 0 atom stereocenters. The maximum Gasteiger partial charge on any atom is 0.259 e. The molecule has 0 fully saturated rings. The Labute approximate surface area is 107 Å². The lowest BCUT2D eigenvalue weighted by Crippen LogP contribution is -1.97. The van der Waals surface area contributed by atoms with Crippen molar-refractivity contribution in [3.8, 4) is 23.4 Å². The quantitative estimate of drug-likeness (QED) is 0.853. The van der Waals surface area contributed by atoms with Crippen molar-refractivity contribution in [2.45, 2.75) is 0 Å². The van der Waals surface area contributed by atoms with Gasteiger partial charge in [0.25, 0.3) is 5.88 Å². The monoisotopic (exact) mass is 262 g/mol. The van der Waals surface area contributed by atoms with E-state index in [0.29, 0.717) is 0 Å². The summed E-state index contributed by atoms with van der Waals surface area (Å²) in [7, 11) is 1.30. The highest BCUT2D eigenvalue weighted by Crippen LogP contribution is 2.29. The van der Waals surface area contributed by atoms with E-state index in [9.17, 15) is 8.78 Å². The van der Waals surface area contributed by atoms with Crippen molar-refractivity contribution in [3.05, 3.63) is 47.7 Å². The number of pyridine rings is 1. The summed E-state index contributed by atoms with van der Waals surface area (Å²) in [5.74, 6) is -2.28. The van der Waals surface area contributed by atoms with E-state index in [0.717, 1.165) is 6.07 Å². The largest absolute Gasteiger partial charge is 0.493 e. The molecule has 2 rings (SSSR count). The number of methoxy groups -OCH3 is 1. The SMILES string of the molecule is COc1ccnc(Oc2ccc(C#N)cc2F)c1F. The van der Waals surface area contributed by atoms with E-state index in [4.69, 9.17) is 14.7 Å². The fourth-order valence-corrected chi connectivity index (χ4v) is 1.39. The lowest BCUT2D eigenvalue weighted by Gasteiger charge is -2.08. The number of hydrogen-bond donors (Lipinski definition) is 0. The van der Waals surface area contributed by atoms with Gasteiger partial charge in [0.2, 0.25) is 5.82 Å². The Morgan fingerprint density at radius 3 is 2.63 bits per heavy atom. The number of nitriles is 1. The smallest absolute Gasteiger partial charge is 0.259 e. The van der Waals surface area contributed by atoms with Crippen LogP contribution >= 0.6 is 0 Å². The van der Waals surface area contributed by atoms with Gasteiger partial charge in [0.05, 0.1) is 18.7 Å². The van der Waals surface area contributed by atoms with Gasteiger partial charge in [-0.15, -0.1) is 0 Å². The van der Waals surface area contributed by atoms with Crippen molar-refractivity contribution in [2.24, 2.45) is 0 Å². The van der Waals surface area contributed by atoms with Crippen LogP contribution in [0.1, 0.15) is 5.56 Å². The van der Waals surface area contributed by atoms with Gasteiger partial charge in [0.1, 0.15) is 0 Å². The third-order valence-electron chi connectivity index (χ3n) is 2.31. The standard InChI is InChI=1S/C13H8F2N2O2/c1-18-11-4-5-17-13(12(11)15)19-10-3-2-8(7-16)6-9(10)14/h2-6H,1H3. The van der Waals surface area contributed by atoms with E-state index in [-0.39, 0.29) is 17.1 Å². The number of halogens is 2. The van der Waals surface area contributed by atoms with E-state index < -0.39 is 17.5 Å². The van der Waals surface area contributed by atoms with Gasteiger partial charge in [0.15, 0.2) is 17.3 Å². The molecule has 0 saturated heterocycles. The predicted molar refractivity (Wildman–Crippen MR) is 61.9 cm³/mol. The van der Waals surface area contributed by atoms with Crippen molar-refractivity contribution < 1.29 is 18.3 Å². The van der Waals surface area contributed by atoms with Crippen molar-refractivity contribution in [3.63, 3.8) is 0 Å². The van der Waals surface area contributed by atoms with Gasteiger partial charge in [0, 0.05) is 12.3 Å². The molecule has 0 amide bonds. The second-order valence-electron chi connectivity index (χ2n) is 3.49. The molecule has 0 unspecified atom stereocenters. The van der Waals surface area contributed by atoms with Crippen LogP contribution in [-0.4, -0.2) is 12.1 Å². The molecule has 0 bridgehead atoms. The van der Waals surface area contributed by atoms with Gasteiger partial charge in [-0.1, -0.05) is 0 Å². The van der Waals surface area contributed by atoms with Crippen LogP contribution in [-0.2, 0) is 0 Å². The predicted octanol–water partition coefficient (Wildman–Crippen LogP) is 3.03. The Kier molecular flexibility index (Phi) is 3.57. The zero-order valence-electron chi connectivity index (χ0n) is 9.85. The maximum absolute atomic E-state index is 13.7. The summed E-state index contributed by atoms with van der Waals surface area (Å²) < 4.78 is 37.1. The van der Waals surface area contributed by atoms with Crippen LogP contribution in [0, 0.1) is 23.0 Å². The van der Waals surface area contributed by atoms with Crippen LogP contribution in [0.25, 0.3) is 0 Å². The molecular formula is C13H8F2N2O2. The van der Waals surface area contributed by atoms with Crippen molar-refractivity contribution in [1.82, 2.24) is 4.98 Å². The second-order valence-corrected chi connectivity index (χ2v) is 3.49. The first kappa shape index (κ1) is 12.8. The molecule has 0 radical (unpaired) electrons. The van der Waals surface area contributed by atoms with Crippen LogP contribution in [0.15, 0.2) is 30.5 Å². The normalized spacial score (nSPS) is 9.79. The summed E-state index contributed by atoms with van der Waals surface area (Å²) in [6.07, 6.45) is 1.28. The first-order chi connectivity index (χ1) is 9.15. The molecule has 2 aromatic rings. The van der Waals surface area contributed by atoms with E-state index in [2.05, 4.69) is 4.98 Å². The molecule has 6 heteroatoms. The molecule has 0 saturated carbocycles. The highest BCUT2D eigenvalue weighted by molar-refractivity contribution is 5.39. The minimum atomic E-state index is -0.825. The van der Waals surface area contributed by atoms with Crippen LogP contribution in [0.5, 0.6) is 17.4 Å². The highest BCUT2D eigenvalue weighted by Gasteiger charge is 2.14. The summed E-state index contributed by atoms with van der Waals surface area (Å²) in [5.41, 5.74) is 0.143. The molecule has 1 aromatic heterocycles. The molecule has 0 N–H and O–H groups in total. The number of aromatic nitrogens is 1. The van der Waals surface area contributed by atoms with E-state index in [1.807, 2.05) is 0 Å². The van der Waals surface area contributed by atoms with Gasteiger partial charge >= 0.3 is 0 Å². The Morgan fingerprint density at radius 2 is 2.00 bits per heavy atom. The number of rotatable bonds is 3. The molecule has 0 aliphatic heterocycles. The Bertz CT molecular complexity index is 654. The van der Waals surface area contributed by atoms with Crippen LogP contribution in [0.2, 0.25) is 0 Å². The molecule has 0 aliphatic carbocycles. The summed E-state index contributed by atoms with van der Waals surface area (Å²) in [4.78, 5) is 3.66. The van der Waals surface area contributed by atoms with E-state index >= 15 is 0 Å². The molecule has 1 heterocycles. The second kappa shape index (κ2) is 5.31. The molecule has 4 nitrogen and oxygen atoms in total. The third-order valence-corrected chi connectivity index (χ3v) is 2.31. The molecule has 0 aliphatic rings. The highest BCUT2D eigenvalue weighted by atomic mass is 19.1.